The van der Waals surface area contributed by atoms with Crippen molar-refractivity contribution in [2.45, 2.75) is 9.79 Å². The topological polar surface area (TPSA) is 131 Å². The monoisotopic (exact) mass is 631 g/mol. The van der Waals surface area contributed by atoms with Crippen molar-refractivity contribution >= 4 is 53.8 Å². The molecule has 0 heterocycles. The molecule has 5 aromatic carbocycles. The number of benzene rings is 5. The predicted molar refractivity (Wildman–Crippen MR) is 170 cm³/mol. The van der Waals surface area contributed by atoms with Gasteiger partial charge in [0.1, 0.15) is 18.0 Å². The molecule has 226 valence electrons. The summed E-state index contributed by atoms with van der Waals surface area (Å²) in [7, 11) is -5.33. The number of rotatable bonds is 11. The summed E-state index contributed by atoms with van der Waals surface area (Å²) in [6.07, 6.45) is 0. The van der Waals surface area contributed by atoms with Crippen LogP contribution < -0.4 is 23.8 Å². The van der Waals surface area contributed by atoms with Crippen LogP contribution in [-0.4, -0.2) is 43.5 Å². The number of sulfonamides is 2. The highest BCUT2D eigenvalue weighted by molar-refractivity contribution is 7.93. The van der Waals surface area contributed by atoms with Crippen LogP contribution in [0.15, 0.2) is 125 Å². The van der Waals surface area contributed by atoms with Gasteiger partial charge in [0.25, 0.3) is 20.0 Å². The minimum absolute atomic E-state index is 0.0159. The van der Waals surface area contributed by atoms with E-state index in [4.69, 9.17) is 9.47 Å². The Morgan fingerprint density at radius 2 is 1.41 bits per heavy atom. The Morgan fingerprint density at radius 1 is 0.727 bits per heavy atom. The van der Waals surface area contributed by atoms with E-state index in [1.54, 1.807) is 42.5 Å². The maximum absolute atomic E-state index is 13.8. The summed E-state index contributed by atoms with van der Waals surface area (Å²) in [6.45, 7) is -0.608. The fourth-order valence-corrected chi connectivity index (χ4v) is 7.10. The molecule has 5 rings (SSSR count). The Bertz CT molecular complexity index is 2010. The number of nitrogens with zero attached hydrogens (tertiary/aromatic N) is 1. The molecule has 0 aliphatic carbocycles. The van der Waals surface area contributed by atoms with Crippen molar-refractivity contribution in [2.24, 2.45) is 0 Å². The van der Waals surface area contributed by atoms with Crippen molar-refractivity contribution in [3.8, 4) is 11.5 Å². The number of carbonyl (C=O) groups is 1. The summed E-state index contributed by atoms with van der Waals surface area (Å²) < 4.78 is 68.1. The van der Waals surface area contributed by atoms with Crippen LogP contribution in [0, 0.1) is 0 Å². The van der Waals surface area contributed by atoms with E-state index in [0.29, 0.717) is 11.4 Å². The van der Waals surface area contributed by atoms with Crippen LogP contribution in [0.2, 0.25) is 0 Å². The molecule has 0 aliphatic rings. The number of amides is 1. The lowest BCUT2D eigenvalue weighted by Gasteiger charge is -2.26. The number of carbonyl (C=O) groups excluding carboxylic acids is 1. The molecule has 0 atom stereocenters. The second kappa shape index (κ2) is 12.7. The summed E-state index contributed by atoms with van der Waals surface area (Å²) in [6, 6.07) is 30.7. The molecule has 1 amide bonds. The van der Waals surface area contributed by atoms with Gasteiger partial charge in [0, 0.05) is 17.1 Å². The fraction of sp³-hybridized carbons (Fsp3) is 0.0938. The van der Waals surface area contributed by atoms with Gasteiger partial charge in [-0.3, -0.25) is 13.8 Å². The standard InChI is InChI=1S/C32H29N3O7S2/c1-41-25-17-20-31(42-2)30(21-25)35(44(39,40)27-11-4-3-5-12-27)22-32(36)33-24-15-18-26(19-16-24)43(37,38)34-29-14-8-10-23-9-6-7-13-28(23)29/h3-21,34H,22H2,1-2H3,(H,33,36). The summed E-state index contributed by atoms with van der Waals surface area (Å²) in [5.74, 6) is -0.0893. The number of hydrogen-bond donors (Lipinski definition) is 2. The third-order valence-electron chi connectivity index (χ3n) is 6.76. The number of fused-ring (bicyclic) bond motifs is 1. The quantitative estimate of drug-likeness (QED) is 0.197. The lowest BCUT2D eigenvalue weighted by Crippen LogP contribution is -2.38. The van der Waals surface area contributed by atoms with Crippen molar-refractivity contribution < 1.29 is 31.1 Å². The first-order valence-corrected chi connectivity index (χ1v) is 16.2. The van der Waals surface area contributed by atoms with Gasteiger partial charge >= 0.3 is 0 Å². The molecule has 0 saturated carbocycles. The molecule has 0 fully saturated rings. The lowest BCUT2D eigenvalue weighted by atomic mass is 10.1. The minimum Gasteiger partial charge on any atom is -0.497 e. The number of nitrogens with one attached hydrogen (secondary N) is 2. The molecule has 0 aliphatic heterocycles. The molecule has 44 heavy (non-hydrogen) atoms. The highest BCUT2D eigenvalue weighted by Crippen LogP contribution is 2.36. The zero-order valence-electron chi connectivity index (χ0n) is 23.8. The zero-order chi connectivity index (χ0) is 31.3. The van der Waals surface area contributed by atoms with E-state index in [1.807, 2.05) is 30.3 Å². The Labute approximate surface area is 256 Å². The van der Waals surface area contributed by atoms with Gasteiger partial charge in [0.15, 0.2) is 0 Å². The first-order chi connectivity index (χ1) is 21.1. The molecule has 12 heteroatoms. The Kier molecular flexibility index (Phi) is 8.74. The van der Waals surface area contributed by atoms with Gasteiger partial charge in [-0.05, 0) is 60.0 Å². The molecule has 0 spiro atoms. The average molecular weight is 632 g/mol. The third kappa shape index (κ3) is 6.46. The Balaban J connectivity index is 1.38. The van der Waals surface area contributed by atoms with E-state index in [1.165, 1.54) is 56.7 Å². The lowest BCUT2D eigenvalue weighted by molar-refractivity contribution is -0.114. The molecule has 0 aromatic heterocycles. The molecule has 10 nitrogen and oxygen atoms in total. The second-order valence-electron chi connectivity index (χ2n) is 9.57. The summed E-state index contributed by atoms with van der Waals surface area (Å²) in [5.41, 5.74) is 0.814. The third-order valence-corrected chi connectivity index (χ3v) is 9.91. The van der Waals surface area contributed by atoms with Gasteiger partial charge in [-0.25, -0.2) is 16.8 Å². The van der Waals surface area contributed by atoms with Gasteiger partial charge in [0.2, 0.25) is 5.91 Å². The molecule has 0 bridgehead atoms. The van der Waals surface area contributed by atoms with Crippen LogP contribution >= 0.6 is 0 Å². The number of anilines is 3. The van der Waals surface area contributed by atoms with Crippen LogP contribution in [0.25, 0.3) is 10.8 Å². The largest absolute Gasteiger partial charge is 0.497 e. The molecule has 0 saturated heterocycles. The van der Waals surface area contributed by atoms with E-state index in [-0.39, 0.29) is 26.9 Å². The molecule has 0 unspecified atom stereocenters. The van der Waals surface area contributed by atoms with Gasteiger partial charge in [-0.2, -0.15) is 0 Å². The normalized spacial score (nSPS) is 11.5. The maximum Gasteiger partial charge on any atom is 0.264 e. The van der Waals surface area contributed by atoms with Crippen molar-refractivity contribution in [1.29, 1.82) is 0 Å². The first kappa shape index (κ1) is 30.4. The highest BCUT2D eigenvalue weighted by atomic mass is 32.2. The number of ether oxygens (including phenoxy) is 2. The predicted octanol–water partition coefficient (Wildman–Crippen LogP) is 5.49. The van der Waals surface area contributed by atoms with Crippen LogP contribution in [0.4, 0.5) is 17.1 Å². The minimum atomic E-state index is -4.22. The number of hydrogen-bond acceptors (Lipinski definition) is 7. The smallest absolute Gasteiger partial charge is 0.264 e. The maximum atomic E-state index is 13.8. The van der Waals surface area contributed by atoms with Crippen molar-refractivity contribution in [3.05, 3.63) is 115 Å². The fourth-order valence-electron chi connectivity index (χ4n) is 4.58. The summed E-state index contributed by atoms with van der Waals surface area (Å²) >= 11 is 0. The highest BCUT2D eigenvalue weighted by Gasteiger charge is 2.30. The van der Waals surface area contributed by atoms with E-state index < -0.39 is 32.5 Å². The van der Waals surface area contributed by atoms with Crippen molar-refractivity contribution in [3.63, 3.8) is 0 Å². The molecular weight excluding hydrogens is 603 g/mol. The van der Waals surface area contributed by atoms with Crippen LogP contribution in [0.1, 0.15) is 0 Å². The Hall–Kier alpha value is -5.07. The van der Waals surface area contributed by atoms with Crippen molar-refractivity contribution in [1.82, 2.24) is 0 Å². The molecular formula is C32H29N3O7S2. The SMILES string of the molecule is COc1ccc(OC)c(N(CC(=O)Nc2ccc(S(=O)(=O)Nc3cccc4ccccc34)cc2)S(=O)(=O)c2ccccc2)c1. The summed E-state index contributed by atoms with van der Waals surface area (Å²) in [5, 5.41) is 4.30. The van der Waals surface area contributed by atoms with Crippen LogP contribution in [0.3, 0.4) is 0 Å². The zero-order valence-corrected chi connectivity index (χ0v) is 25.4. The van der Waals surface area contributed by atoms with Gasteiger partial charge in [-0.1, -0.05) is 54.6 Å². The molecule has 5 aromatic rings. The average Bonchev–Trinajstić information content (AvgIpc) is 3.04. The van der Waals surface area contributed by atoms with Gasteiger partial charge in [-0.15, -0.1) is 0 Å². The number of methoxy groups -OCH3 is 2. The van der Waals surface area contributed by atoms with E-state index >= 15 is 0 Å². The second-order valence-corrected chi connectivity index (χ2v) is 13.1. The molecule has 2 N–H and O–H groups in total. The van der Waals surface area contributed by atoms with E-state index in [0.717, 1.165) is 15.1 Å². The summed E-state index contributed by atoms with van der Waals surface area (Å²) in [4.78, 5) is 13.2. The van der Waals surface area contributed by atoms with Crippen LogP contribution in [0.5, 0.6) is 11.5 Å². The Morgan fingerprint density at radius 3 is 2.11 bits per heavy atom. The van der Waals surface area contributed by atoms with Crippen LogP contribution in [-0.2, 0) is 24.8 Å². The molecule has 0 radical (unpaired) electrons. The van der Waals surface area contributed by atoms with E-state index in [9.17, 15) is 21.6 Å². The van der Waals surface area contributed by atoms with Gasteiger partial charge in [0.05, 0.1) is 35.4 Å². The van der Waals surface area contributed by atoms with Crippen molar-refractivity contribution in [2.75, 3.05) is 35.1 Å². The first-order valence-electron chi connectivity index (χ1n) is 13.3. The van der Waals surface area contributed by atoms with E-state index in [2.05, 4.69) is 10.0 Å². The van der Waals surface area contributed by atoms with Gasteiger partial charge < -0.3 is 14.8 Å².